The highest BCUT2D eigenvalue weighted by Gasteiger charge is 2.46. The molecule has 0 unspecified atom stereocenters. The van der Waals surface area contributed by atoms with E-state index in [0.717, 1.165) is 12.5 Å². The first kappa shape index (κ1) is 15.9. The fourth-order valence-corrected chi connectivity index (χ4v) is 3.51. The molecule has 1 aromatic carbocycles. The van der Waals surface area contributed by atoms with E-state index in [1.807, 2.05) is 6.92 Å². The molecule has 116 valence electrons. The predicted octanol–water partition coefficient (Wildman–Crippen LogP) is 4.84. The van der Waals surface area contributed by atoms with Crippen LogP contribution >= 0.6 is 0 Å². The minimum absolute atomic E-state index is 0.240. The number of carbonyl (C=O) groups is 1. The van der Waals surface area contributed by atoms with Gasteiger partial charge in [-0.05, 0) is 43.2 Å². The molecule has 1 N–H and O–H groups in total. The fourth-order valence-electron chi connectivity index (χ4n) is 3.51. The average Bonchev–Trinajstić information content (AvgIpc) is 2.84. The standard InChI is InChI=1S/C16H19F3O2/c1-2-8-15(14(20)21)9-7-11(10-15)12-5-3-4-6-13(12)16(17,18)19/h3-6,11H,2,7-10H2,1H3,(H,20,21)/t11-,15+/m0/s1. The minimum Gasteiger partial charge on any atom is -0.481 e. The minimum atomic E-state index is -4.39. The van der Waals surface area contributed by atoms with Crippen LogP contribution in [0.4, 0.5) is 13.2 Å². The van der Waals surface area contributed by atoms with Crippen LogP contribution in [0.2, 0.25) is 0 Å². The van der Waals surface area contributed by atoms with Gasteiger partial charge in [0.15, 0.2) is 0 Å². The predicted molar refractivity (Wildman–Crippen MR) is 73.0 cm³/mol. The average molecular weight is 300 g/mol. The molecule has 1 fully saturated rings. The van der Waals surface area contributed by atoms with Gasteiger partial charge < -0.3 is 5.11 Å². The van der Waals surface area contributed by atoms with E-state index in [1.165, 1.54) is 12.1 Å². The summed E-state index contributed by atoms with van der Waals surface area (Å²) in [7, 11) is 0. The lowest BCUT2D eigenvalue weighted by Gasteiger charge is -2.24. The van der Waals surface area contributed by atoms with E-state index in [2.05, 4.69) is 0 Å². The lowest BCUT2D eigenvalue weighted by atomic mass is 9.80. The molecular weight excluding hydrogens is 281 g/mol. The molecular formula is C16H19F3O2. The van der Waals surface area contributed by atoms with Crippen LogP contribution in [0.1, 0.15) is 56.1 Å². The largest absolute Gasteiger partial charge is 0.481 e. The van der Waals surface area contributed by atoms with Gasteiger partial charge in [0.05, 0.1) is 11.0 Å². The van der Waals surface area contributed by atoms with E-state index in [-0.39, 0.29) is 11.5 Å². The summed E-state index contributed by atoms with van der Waals surface area (Å²) in [6.45, 7) is 1.90. The van der Waals surface area contributed by atoms with E-state index in [0.29, 0.717) is 25.7 Å². The van der Waals surface area contributed by atoms with Crippen molar-refractivity contribution in [1.29, 1.82) is 0 Å². The SMILES string of the molecule is CCC[C@@]1(C(=O)O)CC[C@H](c2ccccc2C(F)(F)F)C1. The number of halogens is 3. The van der Waals surface area contributed by atoms with Crippen LogP contribution in [-0.2, 0) is 11.0 Å². The third-order valence-corrected chi connectivity index (χ3v) is 4.50. The number of rotatable bonds is 4. The molecule has 2 nitrogen and oxygen atoms in total. The number of aliphatic carboxylic acids is 1. The maximum absolute atomic E-state index is 13.1. The van der Waals surface area contributed by atoms with Crippen LogP contribution in [0.25, 0.3) is 0 Å². The van der Waals surface area contributed by atoms with Gasteiger partial charge in [-0.2, -0.15) is 13.2 Å². The van der Waals surface area contributed by atoms with Gasteiger partial charge in [-0.15, -0.1) is 0 Å². The van der Waals surface area contributed by atoms with Crippen molar-refractivity contribution in [2.24, 2.45) is 5.41 Å². The second-order valence-corrected chi connectivity index (χ2v) is 5.86. The highest BCUT2D eigenvalue weighted by Crippen LogP contribution is 2.51. The molecule has 0 aliphatic heterocycles. The Labute approximate surface area is 122 Å². The molecule has 1 aromatic rings. The Kier molecular flexibility index (Phi) is 4.30. The summed E-state index contributed by atoms with van der Waals surface area (Å²) in [5.41, 5.74) is -1.25. The molecule has 0 radical (unpaired) electrons. The second-order valence-electron chi connectivity index (χ2n) is 5.86. The van der Waals surface area contributed by atoms with Crippen molar-refractivity contribution < 1.29 is 23.1 Å². The first-order valence-electron chi connectivity index (χ1n) is 7.19. The van der Waals surface area contributed by atoms with E-state index in [4.69, 9.17) is 0 Å². The summed E-state index contributed by atoms with van der Waals surface area (Å²) in [4.78, 5) is 11.5. The van der Waals surface area contributed by atoms with Crippen LogP contribution in [-0.4, -0.2) is 11.1 Å². The number of hydrogen-bond donors (Lipinski definition) is 1. The molecule has 2 atom stereocenters. The molecule has 0 heterocycles. The lowest BCUT2D eigenvalue weighted by Crippen LogP contribution is -2.28. The Hall–Kier alpha value is -1.52. The van der Waals surface area contributed by atoms with Crippen LogP contribution in [0.15, 0.2) is 24.3 Å². The van der Waals surface area contributed by atoms with Crippen molar-refractivity contribution in [1.82, 2.24) is 0 Å². The Balaban J connectivity index is 2.32. The fraction of sp³-hybridized carbons (Fsp3) is 0.562. The molecule has 0 spiro atoms. The van der Waals surface area contributed by atoms with Gasteiger partial charge in [0.2, 0.25) is 0 Å². The number of carboxylic acid groups (broad SMARTS) is 1. The number of alkyl halides is 3. The van der Waals surface area contributed by atoms with Crippen LogP contribution in [0.5, 0.6) is 0 Å². The molecule has 2 rings (SSSR count). The molecule has 0 bridgehead atoms. The first-order valence-corrected chi connectivity index (χ1v) is 7.19. The quantitative estimate of drug-likeness (QED) is 0.863. The van der Waals surface area contributed by atoms with Crippen molar-refractivity contribution in [3.05, 3.63) is 35.4 Å². The Morgan fingerprint density at radius 3 is 2.62 bits per heavy atom. The first-order chi connectivity index (χ1) is 9.80. The van der Waals surface area contributed by atoms with Crippen molar-refractivity contribution in [3.63, 3.8) is 0 Å². The molecule has 21 heavy (non-hydrogen) atoms. The zero-order valence-electron chi connectivity index (χ0n) is 11.9. The molecule has 0 amide bonds. The maximum atomic E-state index is 13.1. The highest BCUT2D eigenvalue weighted by atomic mass is 19.4. The number of benzene rings is 1. The molecule has 0 aromatic heterocycles. The summed E-state index contributed by atoms with van der Waals surface area (Å²) in [5.74, 6) is -1.21. The van der Waals surface area contributed by atoms with Gasteiger partial charge in [-0.3, -0.25) is 4.79 Å². The second kappa shape index (κ2) is 5.70. The van der Waals surface area contributed by atoms with Gasteiger partial charge >= 0.3 is 12.1 Å². The van der Waals surface area contributed by atoms with Gasteiger partial charge in [-0.25, -0.2) is 0 Å². The van der Waals surface area contributed by atoms with Crippen LogP contribution in [0.3, 0.4) is 0 Å². The van der Waals surface area contributed by atoms with Crippen molar-refractivity contribution in [3.8, 4) is 0 Å². The third kappa shape index (κ3) is 3.06. The van der Waals surface area contributed by atoms with Gasteiger partial charge in [-0.1, -0.05) is 31.5 Å². The van der Waals surface area contributed by atoms with Gasteiger partial charge in [0.25, 0.3) is 0 Å². The van der Waals surface area contributed by atoms with Crippen molar-refractivity contribution >= 4 is 5.97 Å². The Morgan fingerprint density at radius 2 is 2.05 bits per heavy atom. The molecule has 0 saturated heterocycles. The van der Waals surface area contributed by atoms with Crippen molar-refractivity contribution in [2.75, 3.05) is 0 Å². The van der Waals surface area contributed by atoms with Crippen molar-refractivity contribution in [2.45, 2.75) is 51.1 Å². The summed E-state index contributed by atoms with van der Waals surface area (Å²) < 4.78 is 39.3. The Bertz CT molecular complexity index is 524. The van der Waals surface area contributed by atoms with Crippen LogP contribution < -0.4 is 0 Å². The number of hydrogen-bond acceptors (Lipinski definition) is 1. The topological polar surface area (TPSA) is 37.3 Å². The van der Waals surface area contributed by atoms with E-state index in [9.17, 15) is 23.1 Å². The molecule has 1 aliphatic rings. The molecule has 5 heteroatoms. The van der Waals surface area contributed by atoms with E-state index in [1.54, 1.807) is 6.07 Å². The monoisotopic (exact) mass is 300 g/mol. The van der Waals surface area contributed by atoms with E-state index < -0.39 is 23.1 Å². The molecule has 1 aliphatic carbocycles. The zero-order chi connectivity index (χ0) is 15.7. The summed E-state index contributed by atoms with van der Waals surface area (Å²) in [6, 6.07) is 5.52. The zero-order valence-corrected chi connectivity index (χ0v) is 11.9. The normalized spacial score (nSPS) is 26.0. The van der Waals surface area contributed by atoms with E-state index >= 15 is 0 Å². The number of carboxylic acids is 1. The smallest absolute Gasteiger partial charge is 0.416 e. The molecule has 1 saturated carbocycles. The third-order valence-electron chi connectivity index (χ3n) is 4.50. The van der Waals surface area contributed by atoms with Crippen LogP contribution in [0, 0.1) is 5.41 Å². The summed E-state index contributed by atoms with van der Waals surface area (Å²) >= 11 is 0. The Morgan fingerprint density at radius 1 is 1.38 bits per heavy atom. The summed E-state index contributed by atoms with van der Waals surface area (Å²) in [6.07, 6.45) is -1.90. The van der Waals surface area contributed by atoms with Gasteiger partial charge in [0, 0.05) is 0 Å². The lowest BCUT2D eigenvalue weighted by molar-refractivity contribution is -0.149. The summed E-state index contributed by atoms with van der Waals surface area (Å²) in [5, 5.41) is 9.47. The highest BCUT2D eigenvalue weighted by molar-refractivity contribution is 5.75. The van der Waals surface area contributed by atoms with Gasteiger partial charge in [0.1, 0.15) is 0 Å². The maximum Gasteiger partial charge on any atom is 0.416 e.